The van der Waals surface area contributed by atoms with E-state index in [0.717, 1.165) is 12.8 Å². The summed E-state index contributed by atoms with van der Waals surface area (Å²) < 4.78 is 5.76. The Bertz CT molecular complexity index is 833. The quantitative estimate of drug-likeness (QED) is 0.820. The standard InChI is InChI=1S/C18H15NO4/c20-12-6-2-3-9-10(12)4-1-5-11(9)19-17(21)15-13-7-8-14(23-13)16(15)18(19)22/h1-6,13-16,20H,7-8H2. The minimum Gasteiger partial charge on any atom is -0.507 e. The number of imide groups is 1. The van der Waals surface area contributed by atoms with Gasteiger partial charge in [-0.1, -0.05) is 24.3 Å². The molecule has 4 unspecified atom stereocenters. The Morgan fingerprint density at radius 1 is 0.913 bits per heavy atom. The molecule has 2 aromatic carbocycles. The predicted octanol–water partition coefficient (Wildman–Crippen LogP) is 2.21. The number of phenolic OH excluding ortho intramolecular Hbond substituents is 1. The summed E-state index contributed by atoms with van der Waals surface area (Å²) in [6.07, 6.45) is 1.48. The number of phenols is 1. The minimum atomic E-state index is -0.339. The number of nitrogens with zero attached hydrogens (tertiary/aromatic N) is 1. The second-order valence-corrected chi connectivity index (χ2v) is 6.50. The van der Waals surface area contributed by atoms with E-state index in [0.29, 0.717) is 16.5 Å². The monoisotopic (exact) mass is 309 g/mol. The normalized spacial score (nSPS) is 32.1. The zero-order chi connectivity index (χ0) is 15.7. The van der Waals surface area contributed by atoms with E-state index in [9.17, 15) is 14.7 Å². The molecule has 2 bridgehead atoms. The van der Waals surface area contributed by atoms with Crippen LogP contribution >= 0.6 is 0 Å². The molecule has 4 atom stereocenters. The van der Waals surface area contributed by atoms with Crippen LogP contribution in [0.1, 0.15) is 12.8 Å². The largest absolute Gasteiger partial charge is 0.507 e. The Hall–Kier alpha value is -2.40. The molecule has 3 saturated heterocycles. The maximum Gasteiger partial charge on any atom is 0.240 e. The predicted molar refractivity (Wildman–Crippen MR) is 83.0 cm³/mol. The Labute approximate surface area is 132 Å². The van der Waals surface area contributed by atoms with Gasteiger partial charge in [-0.05, 0) is 25.0 Å². The van der Waals surface area contributed by atoms with Crippen LogP contribution in [0.15, 0.2) is 36.4 Å². The lowest BCUT2D eigenvalue weighted by Gasteiger charge is -2.19. The van der Waals surface area contributed by atoms with Crippen molar-refractivity contribution in [3.63, 3.8) is 0 Å². The molecule has 0 aliphatic carbocycles. The maximum absolute atomic E-state index is 12.9. The van der Waals surface area contributed by atoms with Gasteiger partial charge in [-0.25, -0.2) is 4.90 Å². The number of benzene rings is 2. The van der Waals surface area contributed by atoms with Crippen molar-refractivity contribution in [1.29, 1.82) is 0 Å². The molecular weight excluding hydrogens is 294 g/mol. The third kappa shape index (κ3) is 1.55. The van der Waals surface area contributed by atoms with E-state index in [4.69, 9.17) is 4.74 Å². The van der Waals surface area contributed by atoms with Gasteiger partial charge in [0.25, 0.3) is 0 Å². The summed E-state index contributed by atoms with van der Waals surface area (Å²) in [4.78, 5) is 27.1. The van der Waals surface area contributed by atoms with Gasteiger partial charge in [0.2, 0.25) is 11.8 Å². The summed E-state index contributed by atoms with van der Waals surface area (Å²) in [5.74, 6) is -0.860. The number of hydrogen-bond acceptors (Lipinski definition) is 4. The molecule has 5 rings (SSSR count). The molecule has 3 aliphatic heterocycles. The Morgan fingerprint density at radius 3 is 2.22 bits per heavy atom. The zero-order valence-corrected chi connectivity index (χ0v) is 12.3. The summed E-state index contributed by atoms with van der Waals surface area (Å²) in [7, 11) is 0. The minimum absolute atomic E-state index is 0.116. The fourth-order valence-electron chi connectivity index (χ4n) is 4.42. The molecule has 2 aromatic rings. The van der Waals surface area contributed by atoms with Crippen LogP contribution in [0.25, 0.3) is 10.8 Å². The highest BCUT2D eigenvalue weighted by molar-refractivity contribution is 6.25. The van der Waals surface area contributed by atoms with Crippen molar-refractivity contribution in [2.45, 2.75) is 25.0 Å². The summed E-state index contributed by atoms with van der Waals surface area (Å²) in [5.41, 5.74) is 0.558. The maximum atomic E-state index is 12.9. The van der Waals surface area contributed by atoms with Gasteiger partial charge in [-0.15, -0.1) is 0 Å². The van der Waals surface area contributed by atoms with Crippen LogP contribution in [-0.4, -0.2) is 29.1 Å². The van der Waals surface area contributed by atoms with Crippen LogP contribution in [0.3, 0.4) is 0 Å². The molecule has 0 spiro atoms. The van der Waals surface area contributed by atoms with Crippen molar-refractivity contribution >= 4 is 28.3 Å². The second-order valence-electron chi connectivity index (χ2n) is 6.50. The van der Waals surface area contributed by atoms with Gasteiger partial charge in [-0.3, -0.25) is 9.59 Å². The summed E-state index contributed by atoms with van der Waals surface area (Å²) >= 11 is 0. The van der Waals surface area contributed by atoms with E-state index in [-0.39, 0.29) is 41.6 Å². The third-order valence-corrected chi connectivity index (χ3v) is 5.40. The summed E-state index contributed by atoms with van der Waals surface area (Å²) in [6.45, 7) is 0. The van der Waals surface area contributed by atoms with Crippen LogP contribution in [0, 0.1) is 11.8 Å². The van der Waals surface area contributed by atoms with E-state index in [1.54, 1.807) is 30.3 Å². The van der Waals surface area contributed by atoms with Crippen molar-refractivity contribution < 1.29 is 19.4 Å². The first-order valence-electron chi connectivity index (χ1n) is 7.91. The molecule has 0 radical (unpaired) electrons. The first kappa shape index (κ1) is 13.1. The van der Waals surface area contributed by atoms with Gasteiger partial charge < -0.3 is 9.84 Å². The smallest absolute Gasteiger partial charge is 0.240 e. The molecule has 2 amide bonds. The number of anilines is 1. The van der Waals surface area contributed by atoms with E-state index in [2.05, 4.69) is 0 Å². The highest BCUT2D eigenvalue weighted by Crippen LogP contribution is 2.50. The lowest BCUT2D eigenvalue weighted by Crippen LogP contribution is -2.34. The number of carbonyl (C=O) groups excluding carboxylic acids is 2. The Balaban J connectivity index is 1.67. The van der Waals surface area contributed by atoms with Gasteiger partial charge in [0.15, 0.2) is 0 Å². The van der Waals surface area contributed by atoms with Crippen LogP contribution in [0.4, 0.5) is 5.69 Å². The van der Waals surface area contributed by atoms with E-state index < -0.39 is 0 Å². The third-order valence-electron chi connectivity index (χ3n) is 5.40. The highest BCUT2D eigenvalue weighted by Gasteiger charge is 2.62. The molecule has 5 nitrogen and oxygen atoms in total. The number of ether oxygens (including phenoxy) is 1. The highest BCUT2D eigenvalue weighted by atomic mass is 16.5. The molecule has 3 aliphatic rings. The van der Waals surface area contributed by atoms with Crippen LogP contribution < -0.4 is 4.90 Å². The van der Waals surface area contributed by atoms with Gasteiger partial charge >= 0.3 is 0 Å². The van der Waals surface area contributed by atoms with Crippen molar-refractivity contribution in [2.24, 2.45) is 11.8 Å². The molecular formula is C18H15NO4. The van der Waals surface area contributed by atoms with Crippen molar-refractivity contribution in [2.75, 3.05) is 4.90 Å². The molecule has 1 N–H and O–H groups in total. The van der Waals surface area contributed by atoms with Crippen LogP contribution in [0.2, 0.25) is 0 Å². The number of fused-ring (bicyclic) bond motifs is 6. The number of amides is 2. The fraction of sp³-hybridized carbons (Fsp3) is 0.333. The van der Waals surface area contributed by atoms with E-state index in [1.807, 2.05) is 6.07 Å². The van der Waals surface area contributed by atoms with Crippen LogP contribution in [-0.2, 0) is 14.3 Å². The van der Waals surface area contributed by atoms with Gasteiger partial charge in [-0.2, -0.15) is 0 Å². The molecule has 3 fully saturated rings. The number of rotatable bonds is 1. The average molecular weight is 309 g/mol. The lowest BCUT2D eigenvalue weighted by atomic mass is 9.81. The molecule has 5 heteroatoms. The molecule has 23 heavy (non-hydrogen) atoms. The molecule has 116 valence electrons. The summed E-state index contributed by atoms with van der Waals surface area (Å²) in [6, 6.07) is 10.5. The second kappa shape index (κ2) is 4.32. The van der Waals surface area contributed by atoms with Crippen molar-refractivity contribution in [1.82, 2.24) is 0 Å². The van der Waals surface area contributed by atoms with Gasteiger partial charge in [0.1, 0.15) is 5.75 Å². The fourth-order valence-corrected chi connectivity index (χ4v) is 4.42. The molecule has 0 saturated carbocycles. The average Bonchev–Trinajstić information content (AvgIpc) is 3.22. The van der Waals surface area contributed by atoms with E-state index in [1.165, 1.54) is 4.90 Å². The molecule has 3 heterocycles. The van der Waals surface area contributed by atoms with Gasteiger partial charge in [0, 0.05) is 10.8 Å². The summed E-state index contributed by atoms with van der Waals surface area (Å²) in [5, 5.41) is 11.4. The van der Waals surface area contributed by atoms with Crippen molar-refractivity contribution in [3.8, 4) is 5.75 Å². The SMILES string of the molecule is O=C1C2C3CCC(O3)C2C(=O)N1c1cccc2c(O)cccc12. The van der Waals surface area contributed by atoms with Gasteiger partial charge in [0.05, 0.1) is 29.7 Å². The lowest BCUT2D eigenvalue weighted by molar-refractivity contribution is -0.124. The number of hydrogen-bond donors (Lipinski definition) is 1. The first-order valence-corrected chi connectivity index (χ1v) is 7.91. The Morgan fingerprint density at radius 2 is 1.52 bits per heavy atom. The Kier molecular flexibility index (Phi) is 2.46. The topological polar surface area (TPSA) is 66.8 Å². The number of aromatic hydroxyl groups is 1. The van der Waals surface area contributed by atoms with E-state index >= 15 is 0 Å². The zero-order valence-electron chi connectivity index (χ0n) is 12.3. The van der Waals surface area contributed by atoms with Crippen molar-refractivity contribution in [3.05, 3.63) is 36.4 Å². The molecule has 0 aromatic heterocycles. The van der Waals surface area contributed by atoms with Crippen LogP contribution in [0.5, 0.6) is 5.75 Å². The number of carbonyl (C=O) groups is 2. The first-order chi connectivity index (χ1) is 11.2.